The number of rotatable bonds is 5. The molecule has 0 N–H and O–H groups in total. The minimum absolute atomic E-state index is 0.299. The van der Waals surface area contributed by atoms with Crippen LogP contribution in [-0.4, -0.2) is 19.2 Å². The molecule has 0 saturated carbocycles. The molecule has 0 bridgehead atoms. The molecule has 0 spiro atoms. The van der Waals surface area contributed by atoms with Crippen molar-refractivity contribution in [1.82, 2.24) is 4.57 Å². The van der Waals surface area contributed by atoms with Crippen molar-refractivity contribution in [3.8, 4) is 27.4 Å². The molecule has 5 rings (SSSR count). The van der Waals surface area contributed by atoms with E-state index in [1.807, 2.05) is 78.9 Å². The summed E-state index contributed by atoms with van der Waals surface area (Å²) < 4.78 is 26.2. The van der Waals surface area contributed by atoms with Crippen molar-refractivity contribution in [3.63, 3.8) is 0 Å². The number of para-hydroxylation sites is 2. The maximum absolute atomic E-state index is 12.0. The zero-order valence-corrected chi connectivity index (χ0v) is 20.1. The van der Waals surface area contributed by atoms with E-state index in [4.69, 9.17) is 4.99 Å². The molecular weight excluding hydrogens is 460 g/mol. The third kappa shape index (κ3) is 4.51. The summed E-state index contributed by atoms with van der Waals surface area (Å²) in [4.78, 5) is 7.18. The summed E-state index contributed by atoms with van der Waals surface area (Å²) in [7, 11) is -3.28. The van der Waals surface area contributed by atoms with Gasteiger partial charge in [0.15, 0.2) is 14.6 Å². The summed E-state index contributed by atoms with van der Waals surface area (Å²) in [5.74, 6) is 0. The van der Waals surface area contributed by atoms with E-state index in [1.54, 1.807) is 23.5 Å². The maximum Gasteiger partial charge on any atom is 0.195 e. The molecule has 34 heavy (non-hydrogen) atoms. The van der Waals surface area contributed by atoms with E-state index in [-0.39, 0.29) is 0 Å². The number of nitrogens with zero attached hydrogens (tertiary/aromatic N) is 2. The molecule has 0 aliphatic heterocycles. The molecule has 0 radical (unpaired) electrons. The second kappa shape index (κ2) is 9.25. The molecule has 0 unspecified atom stereocenters. The van der Waals surface area contributed by atoms with Gasteiger partial charge in [-0.25, -0.2) is 13.4 Å². The number of sulfone groups is 1. The van der Waals surface area contributed by atoms with E-state index < -0.39 is 9.84 Å². The van der Waals surface area contributed by atoms with Gasteiger partial charge in [-0.1, -0.05) is 90.2 Å². The predicted octanol–water partition coefficient (Wildman–Crippen LogP) is 6.51. The van der Waals surface area contributed by atoms with Crippen LogP contribution in [0, 0.1) is 0 Å². The van der Waals surface area contributed by atoms with Crippen LogP contribution in [0.2, 0.25) is 0 Å². The summed E-state index contributed by atoms with van der Waals surface area (Å²) in [6.07, 6.45) is 1.23. The Kier molecular flexibility index (Phi) is 6.01. The van der Waals surface area contributed by atoms with Crippen LogP contribution in [0.3, 0.4) is 0 Å². The first kappa shape index (κ1) is 22.1. The van der Waals surface area contributed by atoms with Crippen LogP contribution in [0.1, 0.15) is 0 Å². The minimum Gasteiger partial charge on any atom is -0.284 e. The molecule has 1 heterocycles. The summed E-state index contributed by atoms with van der Waals surface area (Å²) >= 11 is 1.61. The first-order valence-corrected chi connectivity index (χ1v) is 13.5. The normalized spacial score (nSPS) is 12.1. The van der Waals surface area contributed by atoms with Crippen molar-refractivity contribution < 1.29 is 8.42 Å². The molecule has 5 aromatic rings. The van der Waals surface area contributed by atoms with E-state index in [2.05, 4.69) is 28.8 Å². The SMILES string of the molecule is CS(=O)(=O)c1ccc(-c2c(-c3ccccc3)sc(=Nc3ccccc3)n2-c2ccccc2)cc1. The van der Waals surface area contributed by atoms with Crippen molar-refractivity contribution in [3.05, 3.63) is 120 Å². The molecule has 0 aliphatic rings. The molecule has 0 atom stereocenters. The van der Waals surface area contributed by atoms with Gasteiger partial charge in [-0.15, -0.1) is 0 Å². The Bertz CT molecular complexity index is 1590. The van der Waals surface area contributed by atoms with Gasteiger partial charge in [0.1, 0.15) is 0 Å². The molecule has 6 heteroatoms. The van der Waals surface area contributed by atoms with Gasteiger partial charge in [0, 0.05) is 17.5 Å². The van der Waals surface area contributed by atoms with Gasteiger partial charge in [-0.3, -0.25) is 4.57 Å². The van der Waals surface area contributed by atoms with Crippen LogP contribution in [0.15, 0.2) is 125 Å². The van der Waals surface area contributed by atoms with E-state index in [0.29, 0.717) is 4.90 Å². The van der Waals surface area contributed by atoms with Crippen molar-refractivity contribution >= 4 is 26.9 Å². The fourth-order valence-corrected chi connectivity index (χ4v) is 5.60. The highest BCUT2D eigenvalue weighted by Gasteiger charge is 2.19. The Morgan fingerprint density at radius 1 is 0.676 bits per heavy atom. The van der Waals surface area contributed by atoms with Crippen LogP contribution in [0.25, 0.3) is 27.4 Å². The predicted molar refractivity (Wildman–Crippen MR) is 139 cm³/mol. The van der Waals surface area contributed by atoms with Crippen LogP contribution < -0.4 is 4.80 Å². The lowest BCUT2D eigenvalue weighted by Crippen LogP contribution is -2.13. The van der Waals surface area contributed by atoms with Gasteiger partial charge < -0.3 is 0 Å². The molecule has 0 fully saturated rings. The largest absolute Gasteiger partial charge is 0.284 e. The van der Waals surface area contributed by atoms with E-state index in [9.17, 15) is 8.42 Å². The zero-order chi connectivity index (χ0) is 23.5. The lowest BCUT2D eigenvalue weighted by atomic mass is 10.1. The first-order chi connectivity index (χ1) is 16.5. The van der Waals surface area contributed by atoms with Gasteiger partial charge in [0.25, 0.3) is 0 Å². The minimum atomic E-state index is -3.28. The second-order valence-electron chi connectivity index (χ2n) is 7.84. The second-order valence-corrected chi connectivity index (χ2v) is 10.8. The van der Waals surface area contributed by atoms with Crippen molar-refractivity contribution in [2.24, 2.45) is 4.99 Å². The van der Waals surface area contributed by atoms with Crippen LogP contribution in [0.5, 0.6) is 0 Å². The van der Waals surface area contributed by atoms with Crippen LogP contribution in [0.4, 0.5) is 5.69 Å². The monoisotopic (exact) mass is 482 g/mol. The summed E-state index contributed by atoms with van der Waals surface area (Å²) in [5.41, 5.74) is 4.82. The highest BCUT2D eigenvalue weighted by atomic mass is 32.2. The van der Waals surface area contributed by atoms with Gasteiger partial charge in [-0.05, 0) is 42.0 Å². The van der Waals surface area contributed by atoms with Crippen LogP contribution in [-0.2, 0) is 9.84 Å². The molecule has 4 nitrogen and oxygen atoms in total. The zero-order valence-electron chi connectivity index (χ0n) is 18.5. The standard InChI is InChI=1S/C28H22N2O2S2/c1-34(31,32)25-19-17-21(18-20-25)26-27(22-11-5-2-6-12-22)33-28(29-23-13-7-3-8-14-23)30(26)24-15-9-4-10-16-24/h2-20H,1H3. The fraction of sp³-hybridized carbons (Fsp3) is 0.0357. The Morgan fingerprint density at radius 2 is 1.24 bits per heavy atom. The molecule has 0 aliphatic carbocycles. The third-order valence-electron chi connectivity index (χ3n) is 5.41. The molecule has 168 valence electrons. The molecule has 4 aromatic carbocycles. The van der Waals surface area contributed by atoms with Gasteiger partial charge in [0.2, 0.25) is 0 Å². The topological polar surface area (TPSA) is 51.4 Å². The van der Waals surface area contributed by atoms with Gasteiger partial charge in [0.05, 0.1) is 21.2 Å². The fourth-order valence-electron chi connectivity index (χ4n) is 3.79. The lowest BCUT2D eigenvalue weighted by Gasteiger charge is -2.12. The number of hydrogen-bond acceptors (Lipinski definition) is 4. The first-order valence-electron chi connectivity index (χ1n) is 10.8. The van der Waals surface area contributed by atoms with Crippen molar-refractivity contribution in [1.29, 1.82) is 0 Å². The maximum atomic E-state index is 12.0. The highest BCUT2D eigenvalue weighted by molar-refractivity contribution is 7.90. The summed E-state index contributed by atoms with van der Waals surface area (Å²) in [6, 6.07) is 37.3. The molecule has 0 amide bonds. The van der Waals surface area contributed by atoms with Crippen LogP contribution >= 0.6 is 11.3 Å². The summed E-state index contributed by atoms with van der Waals surface area (Å²) in [6.45, 7) is 0. The van der Waals surface area contributed by atoms with Crippen molar-refractivity contribution in [2.45, 2.75) is 4.90 Å². The van der Waals surface area contributed by atoms with Gasteiger partial charge >= 0.3 is 0 Å². The van der Waals surface area contributed by atoms with E-state index in [1.165, 1.54) is 6.26 Å². The quantitative estimate of drug-likeness (QED) is 0.287. The van der Waals surface area contributed by atoms with E-state index in [0.717, 1.165) is 37.9 Å². The summed E-state index contributed by atoms with van der Waals surface area (Å²) in [5, 5.41) is 0. The molecule has 0 saturated heterocycles. The Hall–Kier alpha value is -3.74. The average Bonchev–Trinajstić information content (AvgIpc) is 3.24. The highest BCUT2D eigenvalue weighted by Crippen LogP contribution is 2.37. The Morgan fingerprint density at radius 3 is 1.82 bits per heavy atom. The Labute approximate surface area is 203 Å². The molecular formula is C28H22N2O2S2. The van der Waals surface area contributed by atoms with Gasteiger partial charge in [-0.2, -0.15) is 0 Å². The lowest BCUT2D eigenvalue weighted by molar-refractivity contribution is 0.602. The number of aromatic nitrogens is 1. The number of hydrogen-bond donors (Lipinski definition) is 0. The smallest absolute Gasteiger partial charge is 0.195 e. The average molecular weight is 483 g/mol. The Balaban J connectivity index is 1.85. The van der Waals surface area contributed by atoms with Crippen molar-refractivity contribution in [2.75, 3.05) is 6.26 Å². The molecule has 1 aromatic heterocycles. The number of benzene rings is 4. The van der Waals surface area contributed by atoms with E-state index >= 15 is 0 Å². The number of thiazole rings is 1. The third-order valence-corrected chi connectivity index (χ3v) is 7.63.